The fourth-order valence-corrected chi connectivity index (χ4v) is 2.98. The Labute approximate surface area is 120 Å². The number of hydrogen-bond acceptors (Lipinski definition) is 1. The molecule has 0 atom stereocenters. The summed E-state index contributed by atoms with van der Waals surface area (Å²) >= 11 is 11.7. The third-order valence-corrected chi connectivity index (χ3v) is 4.03. The van der Waals surface area contributed by atoms with Gasteiger partial charge in [-0.05, 0) is 57.1 Å². The molecule has 0 N–H and O–H groups in total. The number of halogens is 1. The molecule has 1 aromatic carbocycles. The van der Waals surface area contributed by atoms with Crippen LogP contribution < -0.4 is 4.90 Å². The van der Waals surface area contributed by atoms with Crippen LogP contribution in [-0.4, -0.2) is 29.1 Å². The largest absolute Gasteiger partial charge is 0.346 e. The molecule has 0 radical (unpaired) electrons. The van der Waals surface area contributed by atoms with Gasteiger partial charge in [-0.2, -0.15) is 0 Å². The Kier molecular flexibility index (Phi) is 4.13. The highest BCUT2D eigenvalue weighted by Crippen LogP contribution is 2.27. The van der Waals surface area contributed by atoms with Crippen molar-refractivity contribution in [3.63, 3.8) is 0 Å². The normalized spacial score (nSPS) is 16.6. The van der Waals surface area contributed by atoms with Crippen molar-refractivity contribution in [1.29, 1.82) is 0 Å². The zero-order valence-electron chi connectivity index (χ0n) is 11.1. The molecule has 0 aromatic heterocycles. The van der Waals surface area contributed by atoms with Gasteiger partial charge in [0.25, 0.3) is 0 Å². The zero-order valence-corrected chi connectivity index (χ0v) is 12.7. The molecule has 2 rings (SSSR count). The third-order valence-electron chi connectivity index (χ3n) is 3.34. The molecule has 2 nitrogen and oxygen atoms in total. The molecular formula is C14H19ClN2S. The smallest absolute Gasteiger partial charge is 0.176 e. The first-order valence-corrected chi connectivity index (χ1v) is 7.13. The number of rotatable bonds is 2. The second-order valence-corrected chi connectivity index (χ2v) is 5.81. The number of anilines is 1. The van der Waals surface area contributed by atoms with E-state index in [0.717, 1.165) is 35.3 Å². The summed E-state index contributed by atoms with van der Waals surface area (Å²) in [4.78, 5) is 4.49. The maximum atomic E-state index is 6.10. The summed E-state index contributed by atoms with van der Waals surface area (Å²) in [6.07, 6.45) is 1.13. The van der Waals surface area contributed by atoms with Crippen LogP contribution in [0.15, 0.2) is 18.2 Å². The van der Waals surface area contributed by atoms with Gasteiger partial charge in [0.05, 0.1) is 0 Å². The fraction of sp³-hybridized carbons (Fsp3) is 0.500. The van der Waals surface area contributed by atoms with Gasteiger partial charge in [0.1, 0.15) is 0 Å². The second-order valence-electron chi connectivity index (χ2n) is 5.01. The summed E-state index contributed by atoms with van der Waals surface area (Å²) < 4.78 is 0. The summed E-state index contributed by atoms with van der Waals surface area (Å²) in [5, 5.41) is 1.68. The molecule has 1 aliphatic heterocycles. The molecule has 1 heterocycles. The van der Waals surface area contributed by atoms with Crippen LogP contribution in [0.5, 0.6) is 0 Å². The fourth-order valence-electron chi connectivity index (χ4n) is 2.32. The molecule has 1 fully saturated rings. The highest BCUT2D eigenvalue weighted by molar-refractivity contribution is 7.80. The summed E-state index contributed by atoms with van der Waals surface area (Å²) in [5.41, 5.74) is 2.35. The number of nitrogens with zero attached hydrogens (tertiary/aromatic N) is 2. The molecule has 1 aromatic rings. The van der Waals surface area contributed by atoms with E-state index < -0.39 is 0 Å². The molecule has 1 aliphatic rings. The van der Waals surface area contributed by atoms with Gasteiger partial charge < -0.3 is 9.80 Å². The van der Waals surface area contributed by atoms with Gasteiger partial charge in [-0.15, -0.1) is 0 Å². The van der Waals surface area contributed by atoms with E-state index in [1.54, 1.807) is 0 Å². The maximum absolute atomic E-state index is 6.10. The Morgan fingerprint density at radius 3 is 2.67 bits per heavy atom. The van der Waals surface area contributed by atoms with Crippen molar-refractivity contribution in [2.24, 2.45) is 0 Å². The molecular weight excluding hydrogens is 264 g/mol. The van der Waals surface area contributed by atoms with Crippen LogP contribution in [0.2, 0.25) is 5.02 Å². The lowest BCUT2D eigenvalue weighted by Crippen LogP contribution is -2.52. The Bertz CT molecular complexity index is 459. The Hall–Kier alpha value is -0.800. The predicted molar refractivity (Wildman–Crippen MR) is 82.6 cm³/mol. The van der Waals surface area contributed by atoms with Crippen LogP contribution in [0.4, 0.5) is 5.69 Å². The van der Waals surface area contributed by atoms with Crippen molar-refractivity contribution in [2.75, 3.05) is 18.0 Å². The maximum Gasteiger partial charge on any atom is 0.176 e. The minimum Gasteiger partial charge on any atom is -0.346 e. The van der Waals surface area contributed by atoms with Crippen molar-refractivity contribution >= 4 is 34.6 Å². The van der Waals surface area contributed by atoms with E-state index in [4.69, 9.17) is 23.8 Å². The van der Waals surface area contributed by atoms with Gasteiger partial charge in [-0.3, -0.25) is 0 Å². The molecule has 0 unspecified atom stereocenters. The Morgan fingerprint density at radius 2 is 2.00 bits per heavy atom. The van der Waals surface area contributed by atoms with Gasteiger partial charge >= 0.3 is 0 Å². The van der Waals surface area contributed by atoms with Crippen LogP contribution in [-0.2, 0) is 0 Å². The van der Waals surface area contributed by atoms with Crippen molar-refractivity contribution in [3.8, 4) is 0 Å². The third kappa shape index (κ3) is 2.62. The average molecular weight is 283 g/mol. The van der Waals surface area contributed by atoms with Crippen LogP contribution in [0.1, 0.15) is 25.8 Å². The highest BCUT2D eigenvalue weighted by Gasteiger charge is 2.25. The SMILES string of the molecule is Cc1ccc(Cl)cc1N1CCCN(C(C)C)C1=S. The minimum absolute atomic E-state index is 0.444. The highest BCUT2D eigenvalue weighted by atomic mass is 35.5. The Morgan fingerprint density at radius 1 is 1.28 bits per heavy atom. The molecule has 0 saturated carbocycles. The van der Waals surface area contributed by atoms with Crippen LogP contribution in [0.3, 0.4) is 0 Å². The van der Waals surface area contributed by atoms with E-state index in [-0.39, 0.29) is 0 Å². The summed E-state index contributed by atoms with van der Waals surface area (Å²) in [6.45, 7) is 8.49. The van der Waals surface area contributed by atoms with E-state index in [2.05, 4.69) is 36.6 Å². The average Bonchev–Trinajstić information content (AvgIpc) is 2.32. The van der Waals surface area contributed by atoms with Crippen molar-refractivity contribution in [2.45, 2.75) is 33.2 Å². The van der Waals surface area contributed by atoms with E-state index in [9.17, 15) is 0 Å². The summed E-state index contributed by atoms with van der Waals surface area (Å²) in [7, 11) is 0. The van der Waals surface area contributed by atoms with E-state index in [0.29, 0.717) is 6.04 Å². The van der Waals surface area contributed by atoms with Crippen LogP contribution in [0, 0.1) is 6.92 Å². The topological polar surface area (TPSA) is 6.48 Å². The first-order valence-electron chi connectivity index (χ1n) is 6.35. The van der Waals surface area contributed by atoms with Gasteiger partial charge in [0.15, 0.2) is 5.11 Å². The van der Waals surface area contributed by atoms with Gasteiger partial charge in [0.2, 0.25) is 0 Å². The van der Waals surface area contributed by atoms with E-state index in [1.165, 1.54) is 5.56 Å². The second kappa shape index (κ2) is 5.45. The predicted octanol–water partition coefficient (Wildman–Crippen LogP) is 3.85. The summed E-state index contributed by atoms with van der Waals surface area (Å²) in [5.74, 6) is 0. The first kappa shape index (κ1) is 13.6. The molecule has 4 heteroatoms. The number of benzene rings is 1. The Balaban J connectivity index is 2.32. The van der Waals surface area contributed by atoms with E-state index >= 15 is 0 Å². The zero-order chi connectivity index (χ0) is 13.3. The molecule has 0 spiro atoms. The van der Waals surface area contributed by atoms with E-state index in [1.807, 2.05) is 12.1 Å². The standard InChI is InChI=1S/C14H19ClN2S/c1-10(2)16-7-4-8-17(14(16)18)13-9-12(15)6-5-11(13)3/h5-6,9-10H,4,7-8H2,1-3H3. The lowest BCUT2D eigenvalue weighted by Gasteiger charge is -2.41. The lowest BCUT2D eigenvalue weighted by molar-refractivity contribution is 0.329. The molecule has 0 aliphatic carbocycles. The number of hydrogen-bond donors (Lipinski definition) is 0. The molecule has 18 heavy (non-hydrogen) atoms. The van der Waals surface area contributed by atoms with Gasteiger partial charge in [-0.25, -0.2) is 0 Å². The first-order chi connectivity index (χ1) is 8.50. The van der Waals surface area contributed by atoms with Crippen molar-refractivity contribution in [1.82, 2.24) is 4.90 Å². The molecule has 0 amide bonds. The number of aryl methyl sites for hydroxylation is 1. The van der Waals surface area contributed by atoms with Crippen molar-refractivity contribution in [3.05, 3.63) is 28.8 Å². The van der Waals surface area contributed by atoms with Gasteiger partial charge in [-0.1, -0.05) is 17.7 Å². The van der Waals surface area contributed by atoms with Crippen molar-refractivity contribution < 1.29 is 0 Å². The molecule has 1 saturated heterocycles. The minimum atomic E-state index is 0.444. The summed E-state index contributed by atoms with van der Waals surface area (Å²) in [6, 6.07) is 6.43. The van der Waals surface area contributed by atoms with Crippen LogP contribution >= 0.6 is 23.8 Å². The quantitative estimate of drug-likeness (QED) is 0.761. The van der Waals surface area contributed by atoms with Gasteiger partial charge in [0, 0.05) is 29.8 Å². The lowest BCUT2D eigenvalue weighted by atomic mass is 10.1. The molecule has 98 valence electrons. The number of thiocarbonyl (C=S) groups is 1. The monoisotopic (exact) mass is 282 g/mol. The molecule has 0 bridgehead atoms. The van der Waals surface area contributed by atoms with Crippen LogP contribution in [0.25, 0.3) is 0 Å².